The van der Waals surface area contributed by atoms with Crippen molar-refractivity contribution in [2.24, 2.45) is 5.92 Å². The maximum absolute atomic E-state index is 14.1. The van der Waals surface area contributed by atoms with Gasteiger partial charge in [0.25, 0.3) is 5.91 Å². The quantitative estimate of drug-likeness (QED) is 0.0841. The van der Waals surface area contributed by atoms with Crippen molar-refractivity contribution in [2.45, 2.75) is 89.3 Å². The molecule has 5 aliphatic rings. The van der Waals surface area contributed by atoms with Crippen LogP contribution in [0.3, 0.4) is 0 Å². The van der Waals surface area contributed by atoms with Crippen LogP contribution in [0.1, 0.15) is 78.5 Å². The maximum Gasteiger partial charge on any atom is 0.405 e. The molecule has 23 heteroatoms. The lowest BCUT2D eigenvalue weighted by atomic mass is 9.93. The number of piperazine rings is 2. The van der Waals surface area contributed by atoms with E-state index in [1.54, 1.807) is 17.0 Å². The van der Waals surface area contributed by atoms with Crippen LogP contribution in [0.25, 0.3) is 27.8 Å². The number of aromatic hydroxyl groups is 2. The van der Waals surface area contributed by atoms with Crippen molar-refractivity contribution in [2.75, 3.05) is 102 Å². The van der Waals surface area contributed by atoms with Gasteiger partial charge in [-0.2, -0.15) is 28.4 Å². The predicted octanol–water partition coefficient (Wildman–Crippen LogP) is 6.89. The third kappa shape index (κ3) is 12.8. The van der Waals surface area contributed by atoms with E-state index in [2.05, 4.69) is 96.9 Å². The van der Waals surface area contributed by atoms with Crippen molar-refractivity contribution < 1.29 is 42.5 Å². The predicted molar refractivity (Wildman–Crippen MR) is 318 cm³/mol. The Labute approximate surface area is 498 Å². The summed E-state index contributed by atoms with van der Waals surface area (Å²) in [5.41, 5.74) is 5.05. The number of aromatic nitrogens is 5. The fourth-order valence-electron chi connectivity index (χ4n) is 13.1. The fraction of sp³-hybridized carbons (Fsp3) is 0.460. The normalized spacial score (nSPS) is 20.1. The highest BCUT2D eigenvalue weighted by Crippen LogP contribution is 2.40. The van der Waals surface area contributed by atoms with E-state index in [0.29, 0.717) is 88.8 Å². The second-order valence-corrected chi connectivity index (χ2v) is 23.6. The minimum absolute atomic E-state index is 0.00112. The molecule has 4 aromatic carbocycles. The molecule has 0 radical (unpaired) electrons. The summed E-state index contributed by atoms with van der Waals surface area (Å²) >= 11 is 0. The Balaban J connectivity index is 0.690. The molecular weight excluding hydrogens is 1110 g/mol. The van der Waals surface area contributed by atoms with Crippen molar-refractivity contribution in [3.05, 3.63) is 120 Å². The molecule has 11 rings (SSSR count). The van der Waals surface area contributed by atoms with Crippen LogP contribution >= 0.6 is 0 Å². The Morgan fingerprint density at radius 3 is 2.36 bits per heavy atom. The second-order valence-electron chi connectivity index (χ2n) is 23.6. The van der Waals surface area contributed by atoms with Crippen LogP contribution in [-0.4, -0.2) is 194 Å². The second kappa shape index (κ2) is 25.3. The van der Waals surface area contributed by atoms with Crippen molar-refractivity contribution in [1.29, 1.82) is 5.26 Å². The molecular formula is C63H73F3N14O6. The lowest BCUT2D eigenvalue weighted by molar-refractivity contribution is -0.139. The van der Waals surface area contributed by atoms with Crippen molar-refractivity contribution in [1.82, 2.24) is 54.5 Å². The van der Waals surface area contributed by atoms with E-state index in [0.717, 1.165) is 86.3 Å². The summed E-state index contributed by atoms with van der Waals surface area (Å²) < 4.78 is 47.4. The zero-order valence-electron chi connectivity index (χ0n) is 48.8. The highest BCUT2D eigenvalue weighted by Gasteiger charge is 2.39. The molecule has 5 aliphatic heterocycles. The number of carbonyl (C=O) groups is 3. The Hall–Kier alpha value is -8.33. The Kier molecular flexibility index (Phi) is 17.5. The van der Waals surface area contributed by atoms with Crippen LogP contribution in [0.2, 0.25) is 0 Å². The van der Waals surface area contributed by atoms with Crippen molar-refractivity contribution in [3.63, 3.8) is 0 Å². The number of ether oxygens (including phenoxy) is 1. The third-order valence-electron chi connectivity index (χ3n) is 17.8. The van der Waals surface area contributed by atoms with Gasteiger partial charge < -0.3 is 39.9 Å². The summed E-state index contributed by atoms with van der Waals surface area (Å²) in [6.07, 6.45) is 0.0286. The van der Waals surface area contributed by atoms with Gasteiger partial charge in [-0.3, -0.25) is 33.7 Å². The number of halogens is 3. The summed E-state index contributed by atoms with van der Waals surface area (Å²) in [5, 5.41) is 43.5. The summed E-state index contributed by atoms with van der Waals surface area (Å²) in [4.78, 5) is 65.7. The van der Waals surface area contributed by atoms with E-state index < -0.39 is 24.5 Å². The highest BCUT2D eigenvalue weighted by molar-refractivity contribution is 5.95. The number of hydrogen-bond acceptors (Lipinski definition) is 16. The first-order chi connectivity index (χ1) is 41.4. The summed E-state index contributed by atoms with van der Waals surface area (Å²) in [6, 6.07) is 27.3. The molecule has 3 amide bonds. The number of likely N-dealkylation sites (tertiary alicyclic amines) is 2. The van der Waals surface area contributed by atoms with E-state index in [9.17, 15) is 43.0 Å². The molecule has 0 saturated carbocycles. The SMILES string of the molecule is C=CC(=O)N1CCN(c2nc(OC[C@@H]3C[C@H](N4CCC(C(=O)N5CCN(Cc6ccc(-n7c(C(=O)NCC(F)(F)F)nnc7-c7cc(C(C)C)c(O)cc7O)cc6)CC5)CC4)CN3C)nc3c2CCN(c2cccc4ccccc24)C3)C[C@@H]1CC#N. The molecule has 4 saturated heterocycles. The Bertz CT molecular complexity index is 3520. The van der Waals surface area contributed by atoms with Crippen LogP contribution < -0.4 is 19.9 Å². The molecule has 7 heterocycles. The number of anilines is 2. The van der Waals surface area contributed by atoms with E-state index in [1.807, 2.05) is 36.2 Å². The van der Waals surface area contributed by atoms with E-state index in [-0.39, 0.29) is 65.0 Å². The van der Waals surface area contributed by atoms with Gasteiger partial charge in [-0.25, -0.2) is 0 Å². The number of nitrogens with one attached hydrogen (secondary N) is 1. The number of likely N-dealkylation sites (N-methyl/N-ethyl adjacent to an activating group) is 1. The molecule has 6 aromatic rings. The first-order valence-corrected chi connectivity index (χ1v) is 29.6. The number of nitriles is 1. The largest absolute Gasteiger partial charge is 0.508 e. The van der Waals surface area contributed by atoms with Crippen LogP contribution in [0.4, 0.5) is 24.7 Å². The minimum Gasteiger partial charge on any atom is -0.508 e. The minimum atomic E-state index is -4.66. The van der Waals surface area contributed by atoms with Crippen LogP contribution in [-0.2, 0) is 29.1 Å². The van der Waals surface area contributed by atoms with Gasteiger partial charge >= 0.3 is 12.2 Å². The van der Waals surface area contributed by atoms with E-state index in [1.165, 1.54) is 27.5 Å². The average Bonchev–Trinajstić information content (AvgIpc) is 1.75. The number of hydrogen-bond donors (Lipinski definition) is 3. The van der Waals surface area contributed by atoms with Gasteiger partial charge in [0.2, 0.25) is 17.6 Å². The molecule has 0 unspecified atom stereocenters. The standard InChI is InChI=1S/C63H73F3N14O6/c1-5-56(83)79-30-29-78(36-45(79)17-21-67)57-49-20-24-77(53-12-8-10-42-9-6-7-11-48(42)53)37-52(49)69-62(70-57)86-38-47-31-46(35-73(47)4)75-22-18-43(19-23-75)61(85)76-27-25-74(26-28-76)34-41-13-15-44(16-14-41)80-58(51-32-50(40(2)3)54(81)33-55(51)82)71-72-59(80)60(84)68-39-63(64,65)66/h5-16,32-33,40,43,45-47,81-82H,1,17-20,22-31,34-39H2,2-4H3,(H,68,84)/t45-,46-,47-/m0/s1. The molecule has 3 N–H and O–H groups in total. The first-order valence-electron chi connectivity index (χ1n) is 29.6. The molecule has 86 heavy (non-hydrogen) atoms. The van der Waals surface area contributed by atoms with Crippen LogP contribution in [0.5, 0.6) is 17.5 Å². The smallest absolute Gasteiger partial charge is 0.405 e. The average molecular weight is 1180 g/mol. The summed E-state index contributed by atoms with van der Waals surface area (Å²) in [7, 11) is 2.13. The molecule has 0 bridgehead atoms. The monoisotopic (exact) mass is 1180 g/mol. The first kappa shape index (κ1) is 59.4. The van der Waals surface area contributed by atoms with Gasteiger partial charge in [-0.05, 0) is 98.6 Å². The molecule has 452 valence electrons. The number of benzene rings is 4. The topological polar surface area (TPSA) is 216 Å². The van der Waals surface area contributed by atoms with E-state index >= 15 is 0 Å². The lowest BCUT2D eigenvalue weighted by Gasteiger charge is -2.42. The van der Waals surface area contributed by atoms with Gasteiger partial charge in [0, 0.05) is 112 Å². The summed E-state index contributed by atoms with van der Waals surface area (Å²) in [5.74, 6) is -1.41. The van der Waals surface area contributed by atoms with Crippen molar-refractivity contribution in [3.8, 4) is 40.7 Å². The van der Waals surface area contributed by atoms with Gasteiger partial charge in [-0.1, -0.05) is 69.0 Å². The highest BCUT2D eigenvalue weighted by atomic mass is 19.4. The number of nitrogens with zero attached hydrogens (tertiary/aromatic N) is 13. The van der Waals surface area contributed by atoms with Gasteiger partial charge in [0.1, 0.15) is 30.5 Å². The lowest BCUT2D eigenvalue weighted by Crippen LogP contribution is -2.55. The molecule has 0 aliphatic carbocycles. The zero-order valence-corrected chi connectivity index (χ0v) is 48.8. The molecule has 3 atom stereocenters. The van der Waals surface area contributed by atoms with Gasteiger partial charge in [-0.15, -0.1) is 10.2 Å². The number of fused-ring (bicyclic) bond motifs is 2. The number of phenols is 2. The number of rotatable bonds is 16. The summed E-state index contributed by atoms with van der Waals surface area (Å²) in [6.45, 7) is 14.6. The van der Waals surface area contributed by atoms with Gasteiger partial charge in [0.15, 0.2) is 5.82 Å². The van der Waals surface area contributed by atoms with Crippen LogP contribution in [0.15, 0.2) is 91.5 Å². The number of amides is 3. The maximum atomic E-state index is 14.1. The molecule has 0 spiro atoms. The molecule has 20 nitrogen and oxygen atoms in total. The number of phenolic OH excluding ortho intramolecular Hbond substituents is 2. The number of carbonyl (C=O) groups excluding carboxylic acids is 3. The van der Waals surface area contributed by atoms with Crippen LogP contribution in [0, 0.1) is 17.2 Å². The third-order valence-corrected chi connectivity index (χ3v) is 17.8. The Morgan fingerprint density at radius 1 is 0.872 bits per heavy atom. The molecule has 4 fully saturated rings. The van der Waals surface area contributed by atoms with Crippen molar-refractivity contribution >= 4 is 40.0 Å². The Morgan fingerprint density at radius 2 is 1.63 bits per heavy atom. The fourth-order valence-corrected chi connectivity index (χ4v) is 13.1. The van der Waals surface area contributed by atoms with E-state index in [4.69, 9.17) is 14.7 Å². The van der Waals surface area contributed by atoms with Gasteiger partial charge in [0.05, 0.1) is 36.3 Å². The molecule has 2 aromatic heterocycles. The zero-order chi connectivity index (χ0) is 60.4. The number of alkyl halides is 3. The number of piperidine rings is 1.